The lowest BCUT2D eigenvalue weighted by molar-refractivity contribution is -0.119. The second-order valence-electron chi connectivity index (χ2n) is 7.78. The molecule has 31 heavy (non-hydrogen) atoms. The van der Waals surface area contributed by atoms with Crippen LogP contribution in [0.5, 0.6) is 5.75 Å². The number of ether oxygens (including phenoxy) is 1. The van der Waals surface area contributed by atoms with Gasteiger partial charge in [0.25, 0.3) is 10.0 Å². The van der Waals surface area contributed by atoms with Crippen LogP contribution in [0.15, 0.2) is 53.4 Å². The van der Waals surface area contributed by atoms with Gasteiger partial charge in [0.05, 0.1) is 17.7 Å². The Hall–Kier alpha value is -2.58. The van der Waals surface area contributed by atoms with Crippen molar-refractivity contribution in [2.75, 3.05) is 44.1 Å². The molecule has 0 atom stereocenters. The van der Waals surface area contributed by atoms with Crippen LogP contribution in [0, 0.1) is 6.92 Å². The molecule has 1 heterocycles. The highest BCUT2D eigenvalue weighted by Gasteiger charge is 2.27. The topological polar surface area (TPSA) is 79.0 Å². The minimum absolute atomic E-state index is 0.141. The third-order valence-corrected chi connectivity index (χ3v) is 7.20. The molecule has 1 aliphatic heterocycles. The van der Waals surface area contributed by atoms with Crippen LogP contribution in [-0.2, 0) is 14.8 Å². The zero-order valence-corrected chi connectivity index (χ0v) is 19.0. The van der Waals surface area contributed by atoms with E-state index in [2.05, 4.69) is 10.2 Å². The van der Waals surface area contributed by atoms with Crippen molar-refractivity contribution in [3.05, 3.63) is 54.1 Å². The molecule has 1 saturated heterocycles. The van der Waals surface area contributed by atoms with Crippen molar-refractivity contribution >= 4 is 21.6 Å². The van der Waals surface area contributed by atoms with Crippen LogP contribution in [0.1, 0.15) is 24.8 Å². The number of likely N-dealkylation sites (tertiary alicyclic amines) is 1. The van der Waals surface area contributed by atoms with E-state index in [1.54, 1.807) is 48.5 Å². The van der Waals surface area contributed by atoms with E-state index in [-0.39, 0.29) is 17.3 Å². The molecule has 0 spiro atoms. The number of rotatable bonds is 10. The molecule has 0 radical (unpaired) electrons. The molecule has 0 bridgehead atoms. The molecule has 8 heteroatoms. The van der Waals surface area contributed by atoms with E-state index in [1.807, 2.05) is 6.92 Å². The summed E-state index contributed by atoms with van der Waals surface area (Å²) in [6, 6.07) is 13.3. The van der Waals surface area contributed by atoms with Gasteiger partial charge in [-0.05, 0) is 70.1 Å². The summed E-state index contributed by atoms with van der Waals surface area (Å²) in [5, 5.41) is 2.87. The molecule has 168 valence electrons. The van der Waals surface area contributed by atoms with Gasteiger partial charge >= 0.3 is 0 Å². The lowest BCUT2D eigenvalue weighted by Crippen LogP contribution is -2.41. The first kappa shape index (κ1) is 23.1. The molecule has 1 amide bonds. The fraction of sp³-hybridized carbons (Fsp3) is 0.435. The van der Waals surface area contributed by atoms with Crippen LogP contribution in [0.2, 0.25) is 0 Å². The standard InChI is InChI=1S/C23H31N3O4S/c1-19-9-11-22(12-10-19)31(28,29)26(20-7-5-8-21(17-20)30-2)18-23(27)24-13-6-16-25-14-3-4-15-25/h5,7-12,17H,3-4,6,13-16,18H2,1-2H3,(H,24,27). The van der Waals surface area contributed by atoms with Crippen LogP contribution < -0.4 is 14.4 Å². The van der Waals surface area contributed by atoms with Crippen LogP contribution in [0.4, 0.5) is 5.69 Å². The number of nitrogens with zero attached hydrogens (tertiary/aromatic N) is 2. The fourth-order valence-electron chi connectivity index (χ4n) is 3.64. The maximum atomic E-state index is 13.4. The highest BCUT2D eigenvalue weighted by Crippen LogP contribution is 2.27. The predicted octanol–water partition coefficient (Wildman–Crippen LogP) is 2.80. The molecule has 0 unspecified atom stereocenters. The third-order valence-electron chi connectivity index (χ3n) is 5.41. The predicted molar refractivity (Wildman–Crippen MR) is 122 cm³/mol. The zero-order chi connectivity index (χ0) is 22.3. The second kappa shape index (κ2) is 10.6. The van der Waals surface area contributed by atoms with E-state index in [0.717, 1.165) is 35.9 Å². The van der Waals surface area contributed by atoms with Crippen molar-refractivity contribution in [1.82, 2.24) is 10.2 Å². The van der Waals surface area contributed by atoms with Gasteiger partial charge in [-0.25, -0.2) is 8.42 Å². The SMILES string of the molecule is COc1cccc(N(CC(=O)NCCCN2CCCC2)S(=O)(=O)c2ccc(C)cc2)c1. The monoisotopic (exact) mass is 445 g/mol. The number of anilines is 1. The number of hydrogen-bond acceptors (Lipinski definition) is 5. The van der Waals surface area contributed by atoms with Gasteiger partial charge in [-0.1, -0.05) is 23.8 Å². The molecule has 0 aliphatic carbocycles. The third kappa shape index (κ3) is 6.21. The number of hydrogen-bond donors (Lipinski definition) is 1. The minimum Gasteiger partial charge on any atom is -0.497 e. The second-order valence-corrected chi connectivity index (χ2v) is 9.64. The largest absolute Gasteiger partial charge is 0.497 e. The Bertz CT molecular complexity index is 971. The van der Waals surface area contributed by atoms with Gasteiger partial charge in [0.2, 0.25) is 5.91 Å². The molecule has 3 rings (SSSR count). The van der Waals surface area contributed by atoms with E-state index in [9.17, 15) is 13.2 Å². The van der Waals surface area contributed by atoms with Crippen LogP contribution in [0.25, 0.3) is 0 Å². The number of carbonyl (C=O) groups is 1. The maximum absolute atomic E-state index is 13.4. The maximum Gasteiger partial charge on any atom is 0.264 e. The zero-order valence-electron chi connectivity index (χ0n) is 18.2. The lowest BCUT2D eigenvalue weighted by Gasteiger charge is -2.24. The Labute approximate surface area is 185 Å². The van der Waals surface area contributed by atoms with Crippen molar-refractivity contribution in [3.63, 3.8) is 0 Å². The van der Waals surface area contributed by atoms with Crippen LogP contribution in [0.3, 0.4) is 0 Å². The quantitative estimate of drug-likeness (QED) is 0.569. The highest BCUT2D eigenvalue weighted by atomic mass is 32.2. The number of nitrogens with one attached hydrogen (secondary N) is 1. The Morgan fingerprint density at radius 3 is 2.52 bits per heavy atom. The summed E-state index contributed by atoms with van der Waals surface area (Å²) in [5.74, 6) is 0.188. The first-order valence-electron chi connectivity index (χ1n) is 10.6. The molecule has 2 aromatic rings. The fourth-order valence-corrected chi connectivity index (χ4v) is 5.05. The van der Waals surface area contributed by atoms with E-state index in [1.165, 1.54) is 20.0 Å². The van der Waals surface area contributed by atoms with E-state index in [4.69, 9.17) is 4.74 Å². The van der Waals surface area contributed by atoms with Crippen molar-refractivity contribution in [2.24, 2.45) is 0 Å². The Morgan fingerprint density at radius 2 is 1.84 bits per heavy atom. The van der Waals surface area contributed by atoms with Gasteiger partial charge < -0.3 is 15.0 Å². The van der Waals surface area contributed by atoms with Gasteiger partial charge in [0.15, 0.2) is 0 Å². The van der Waals surface area contributed by atoms with Crippen molar-refractivity contribution in [2.45, 2.75) is 31.1 Å². The number of benzene rings is 2. The smallest absolute Gasteiger partial charge is 0.264 e. The number of carbonyl (C=O) groups excluding carboxylic acids is 1. The summed E-state index contributed by atoms with van der Waals surface area (Å²) in [4.78, 5) is 15.2. The van der Waals surface area contributed by atoms with E-state index < -0.39 is 10.0 Å². The number of sulfonamides is 1. The summed E-state index contributed by atoms with van der Waals surface area (Å²) in [7, 11) is -2.41. The number of amides is 1. The Kier molecular flexibility index (Phi) is 7.92. The molecule has 7 nitrogen and oxygen atoms in total. The average molecular weight is 446 g/mol. The van der Waals surface area contributed by atoms with Gasteiger partial charge in [-0.2, -0.15) is 0 Å². The average Bonchev–Trinajstić information content (AvgIpc) is 3.29. The van der Waals surface area contributed by atoms with E-state index in [0.29, 0.717) is 18.0 Å². The van der Waals surface area contributed by atoms with E-state index >= 15 is 0 Å². The van der Waals surface area contributed by atoms with Gasteiger partial charge in [0, 0.05) is 12.6 Å². The van der Waals surface area contributed by atoms with Crippen molar-refractivity contribution < 1.29 is 17.9 Å². The normalized spacial score (nSPS) is 14.4. The van der Waals surface area contributed by atoms with Crippen LogP contribution >= 0.6 is 0 Å². The molecular formula is C23H31N3O4S. The summed E-state index contributed by atoms with van der Waals surface area (Å²) >= 11 is 0. The molecule has 1 N–H and O–H groups in total. The van der Waals surface area contributed by atoms with Crippen LogP contribution in [-0.4, -0.2) is 59.1 Å². The molecule has 2 aromatic carbocycles. The molecule has 1 aliphatic rings. The van der Waals surface area contributed by atoms with Crippen molar-refractivity contribution in [3.8, 4) is 5.75 Å². The lowest BCUT2D eigenvalue weighted by atomic mass is 10.2. The highest BCUT2D eigenvalue weighted by molar-refractivity contribution is 7.92. The molecule has 0 saturated carbocycles. The number of methoxy groups -OCH3 is 1. The molecular weight excluding hydrogens is 414 g/mol. The molecule has 0 aromatic heterocycles. The Morgan fingerprint density at radius 1 is 1.13 bits per heavy atom. The van der Waals surface area contributed by atoms with Crippen molar-refractivity contribution in [1.29, 1.82) is 0 Å². The summed E-state index contributed by atoms with van der Waals surface area (Å²) in [5.41, 5.74) is 1.34. The molecule has 1 fully saturated rings. The first-order valence-corrected chi connectivity index (χ1v) is 12.1. The Balaban J connectivity index is 1.73. The summed E-state index contributed by atoms with van der Waals surface area (Å²) in [6.07, 6.45) is 3.31. The first-order chi connectivity index (χ1) is 14.9. The minimum atomic E-state index is -3.93. The summed E-state index contributed by atoms with van der Waals surface area (Å²) < 4.78 is 33.1. The summed E-state index contributed by atoms with van der Waals surface area (Å²) in [6.45, 7) is 5.30. The van der Waals surface area contributed by atoms with Gasteiger partial charge in [-0.3, -0.25) is 9.10 Å². The number of aryl methyl sites for hydroxylation is 1. The van der Waals surface area contributed by atoms with Gasteiger partial charge in [0.1, 0.15) is 12.3 Å². The van der Waals surface area contributed by atoms with Gasteiger partial charge in [-0.15, -0.1) is 0 Å².